The average Bonchev–Trinajstić information content (AvgIpc) is 2.22. The van der Waals surface area contributed by atoms with E-state index in [2.05, 4.69) is 32.9 Å². The first kappa shape index (κ1) is 12.9. The average molecular weight is 245 g/mol. The molecule has 1 rings (SSSR count). The van der Waals surface area contributed by atoms with E-state index >= 15 is 0 Å². The van der Waals surface area contributed by atoms with Gasteiger partial charge in [-0.1, -0.05) is 37.6 Å². The Balaban J connectivity index is 2.89. The van der Waals surface area contributed by atoms with E-state index in [1.807, 2.05) is 6.07 Å². The highest BCUT2D eigenvalue weighted by Crippen LogP contribution is 2.31. The van der Waals surface area contributed by atoms with Crippen LogP contribution in [0.5, 0.6) is 0 Å². The Morgan fingerprint density at radius 3 is 2.47 bits per heavy atom. The van der Waals surface area contributed by atoms with Crippen molar-refractivity contribution in [2.24, 2.45) is 5.41 Å². The van der Waals surface area contributed by atoms with E-state index in [1.165, 1.54) is 11.1 Å². The highest BCUT2D eigenvalue weighted by atomic mass is 35.5. The van der Waals surface area contributed by atoms with Gasteiger partial charge in [0, 0.05) is 10.9 Å². The number of benzene rings is 1. The molecule has 0 fully saturated rings. The van der Waals surface area contributed by atoms with E-state index in [0.29, 0.717) is 5.88 Å². The van der Waals surface area contributed by atoms with Gasteiger partial charge in [-0.2, -0.15) is 0 Å². The Kier molecular flexibility index (Phi) is 4.48. The van der Waals surface area contributed by atoms with Crippen molar-refractivity contribution in [3.8, 4) is 0 Å². The summed E-state index contributed by atoms with van der Waals surface area (Å²) in [5.74, 6) is 0.674. The maximum Gasteiger partial charge on any atom is 0.0440 e. The molecule has 0 aliphatic carbocycles. The van der Waals surface area contributed by atoms with E-state index < -0.39 is 0 Å². The van der Waals surface area contributed by atoms with Crippen molar-refractivity contribution in [2.45, 2.75) is 33.6 Å². The fraction of sp³-hybridized carbons (Fsp3) is 0.538. The van der Waals surface area contributed by atoms with Crippen molar-refractivity contribution in [1.82, 2.24) is 0 Å². The van der Waals surface area contributed by atoms with Gasteiger partial charge in [-0.25, -0.2) is 0 Å². The molecule has 0 aliphatic heterocycles. The Morgan fingerprint density at radius 1 is 1.33 bits per heavy atom. The molecule has 1 aromatic rings. The molecule has 84 valence electrons. The minimum atomic E-state index is 0.153. The van der Waals surface area contributed by atoms with Crippen molar-refractivity contribution < 1.29 is 0 Å². The van der Waals surface area contributed by atoms with Crippen LogP contribution in [-0.4, -0.2) is 5.88 Å². The van der Waals surface area contributed by atoms with Gasteiger partial charge >= 0.3 is 0 Å². The van der Waals surface area contributed by atoms with Gasteiger partial charge in [-0.05, 0) is 42.4 Å². The van der Waals surface area contributed by atoms with Gasteiger partial charge in [0.05, 0.1) is 0 Å². The number of hydrogen-bond acceptors (Lipinski definition) is 0. The Bertz CT molecular complexity index is 327. The summed E-state index contributed by atoms with van der Waals surface area (Å²) < 4.78 is 0. The Labute approximate surface area is 103 Å². The summed E-state index contributed by atoms with van der Waals surface area (Å²) in [7, 11) is 0. The van der Waals surface area contributed by atoms with Crippen LogP contribution in [0.15, 0.2) is 18.2 Å². The summed E-state index contributed by atoms with van der Waals surface area (Å²) in [6.45, 7) is 6.43. The predicted molar refractivity (Wildman–Crippen MR) is 69.0 cm³/mol. The lowest BCUT2D eigenvalue weighted by Crippen LogP contribution is -2.20. The summed E-state index contributed by atoms with van der Waals surface area (Å²) in [5.41, 5.74) is 2.56. The molecular weight excluding hydrogens is 227 g/mol. The van der Waals surface area contributed by atoms with Crippen molar-refractivity contribution >= 4 is 23.2 Å². The largest absolute Gasteiger partial charge is 0.126 e. The molecule has 1 atom stereocenters. The van der Waals surface area contributed by atoms with Gasteiger partial charge in [-0.15, -0.1) is 11.6 Å². The zero-order valence-corrected chi connectivity index (χ0v) is 11.1. The Morgan fingerprint density at radius 2 is 2.00 bits per heavy atom. The van der Waals surface area contributed by atoms with Crippen LogP contribution in [-0.2, 0) is 6.42 Å². The Hall–Kier alpha value is -0.200. The second-order valence-electron chi connectivity index (χ2n) is 4.57. The monoisotopic (exact) mass is 244 g/mol. The van der Waals surface area contributed by atoms with E-state index in [1.54, 1.807) is 0 Å². The van der Waals surface area contributed by atoms with E-state index in [4.69, 9.17) is 23.2 Å². The lowest BCUT2D eigenvalue weighted by molar-refractivity contribution is 0.355. The standard InChI is InChI=1S/C13H18Cl2/c1-4-13(3,9-14)8-11-6-5-10(2)7-12(11)15/h5-7H,4,8-9H2,1-3H3. The zero-order chi connectivity index (χ0) is 11.5. The second kappa shape index (κ2) is 5.23. The number of rotatable bonds is 4. The summed E-state index contributed by atoms with van der Waals surface area (Å²) in [6, 6.07) is 6.23. The molecule has 0 nitrogen and oxygen atoms in total. The van der Waals surface area contributed by atoms with Gasteiger partial charge in [0.1, 0.15) is 0 Å². The van der Waals surface area contributed by atoms with Gasteiger partial charge in [0.15, 0.2) is 0 Å². The van der Waals surface area contributed by atoms with Crippen molar-refractivity contribution in [3.63, 3.8) is 0 Å². The van der Waals surface area contributed by atoms with Crippen molar-refractivity contribution in [2.75, 3.05) is 5.88 Å². The van der Waals surface area contributed by atoms with Crippen LogP contribution in [0.25, 0.3) is 0 Å². The minimum Gasteiger partial charge on any atom is -0.126 e. The van der Waals surface area contributed by atoms with Crippen molar-refractivity contribution in [3.05, 3.63) is 34.3 Å². The van der Waals surface area contributed by atoms with Crippen molar-refractivity contribution in [1.29, 1.82) is 0 Å². The fourth-order valence-corrected chi connectivity index (χ4v) is 2.11. The molecule has 0 bridgehead atoms. The molecule has 0 saturated carbocycles. The molecule has 0 heterocycles. The summed E-state index contributed by atoms with van der Waals surface area (Å²) in [4.78, 5) is 0. The third kappa shape index (κ3) is 3.39. The number of hydrogen-bond donors (Lipinski definition) is 0. The molecule has 1 unspecified atom stereocenters. The molecule has 0 saturated heterocycles. The number of alkyl halides is 1. The molecule has 1 aromatic carbocycles. The highest BCUT2D eigenvalue weighted by Gasteiger charge is 2.22. The molecule has 0 N–H and O–H groups in total. The topological polar surface area (TPSA) is 0 Å². The molecule has 2 heteroatoms. The first-order chi connectivity index (χ1) is 7.00. The summed E-state index contributed by atoms with van der Waals surface area (Å²) in [5, 5.41) is 0.861. The first-order valence-electron chi connectivity index (χ1n) is 5.32. The van der Waals surface area contributed by atoms with Crippen LogP contribution in [0.3, 0.4) is 0 Å². The maximum atomic E-state index is 6.21. The molecule has 0 aliphatic rings. The van der Waals surface area contributed by atoms with Gasteiger partial charge in [-0.3, -0.25) is 0 Å². The van der Waals surface area contributed by atoms with E-state index in [9.17, 15) is 0 Å². The number of halogens is 2. The molecule has 0 amide bonds. The number of aryl methyl sites for hydroxylation is 1. The second-order valence-corrected chi connectivity index (χ2v) is 5.24. The summed E-state index contributed by atoms with van der Waals surface area (Å²) in [6.07, 6.45) is 2.02. The van der Waals surface area contributed by atoms with Crippen LogP contribution in [0.4, 0.5) is 0 Å². The van der Waals surface area contributed by atoms with E-state index in [0.717, 1.165) is 17.9 Å². The SMILES string of the molecule is CCC(C)(CCl)Cc1ccc(C)cc1Cl. The third-order valence-electron chi connectivity index (χ3n) is 3.00. The third-order valence-corrected chi connectivity index (χ3v) is 4.00. The molecule has 0 spiro atoms. The molecular formula is C13H18Cl2. The highest BCUT2D eigenvalue weighted by molar-refractivity contribution is 6.31. The van der Waals surface area contributed by atoms with Crippen LogP contribution < -0.4 is 0 Å². The quantitative estimate of drug-likeness (QED) is 0.665. The molecule has 0 aromatic heterocycles. The van der Waals surface area contributed by atoms with Crippen LogP contribution in [0, 0.1) is 12.3 Å². The first-order valence-corrected chi connectivity index (χ1v) is 6.23. The molecule has 15 heavy (non-hydrogen) atoms. The van der Waals surface area contributed by atoms with Gasteiger partial charge < -0.3 is 0 Å². The summed E-state index contributed by atoms with van der Waals surface area (Å²) >= 11 is 12.2. The maximum absolute atomic E-state index is 6.21. The van der Waals surface area contributed by atoms with Gasteiger partial charge in [0.2, 0.25) is 0 Å². The minimum absolute atomic E-state index is 0.153. The lowest BCUT2D eigenvalue weighted by Gasteiger charge is -2.26. The lowest BCUT2D eigenvalue weighted by atomic mass is 9.83. The smallest absolute Gasteiger partial charge is 0.0440 e. The van der Waals surface area contributed by atoms with Crippen LogP contribution in [0.1, 0.15) is 31.4 Å². The zero-order valence-electron chi connectivity index (χ0n) is 9.61. The van der Waals surface area contributed by atoms with Gasteiger partial charge in [0.25, 0.3) is 0 Å². The normalized spacial score (nSPS) is 15.0. The van der Waals surface area contributed by atoms with E-state index in [-0.39, 0.29) is 5.41 Å². The van der Waals surface area contributed by atoms with Crippen LogP contribution >= 0.6 is 23.2 Å². The predicted octanol–water partition coefficient (Wildman–Crippen LogP) is 4.85. The van der Waals surface area contributed by atoms with Crippen LogP contribution in [0.2, 0.25) is 5.02 Å². The fourth-order valence-electron chi connectivity index (χ4n) is 1.52. The molecule has 0 radical (unpaired) electrons.